The van der Waals surface area contributed by atoms with E-state index in [4.69, 9.17) is 10.4 Å². The van der Waals surface area contributed by atoms with Gasteiger partial charge in [0.25, 0.3) is 0 Å². The molecule has 1 unspecified atom stereocenters. The largest absolute Gasteiger partial charge is 0.465 e. The van der Waals surface area contributed by atoms with E-state index in [0.717, 1.165) is 11.5 Å². The fourth-order valence-electron chi connectivity index (χ4n) is 0.611. The lowest BCUT2D eigenvalue weighted by Gasteiger charge is -1.92. The van der Waals surface area contributed by atoms with E-state index in [-0.39, 0.29) is 5.13 Å². The van der Waals surface area contributed by atoms with E-state index in [0.29, 0.717) is 5.82 Å². The summed E-state index contributed by atoms with van der Waals surface area (Å²) in [5.41, 5.74) is 0. The number of aromatic nitrogens is 2. The predicted molar refractivity (Wildman–Crippen MR) is 45.6 cm³/mol. The lowest BCUT2D eigenvalue weighted by Crippen LogP contribution is -2.06. The molecule has 0 fully saturated rings. The second-order valence-electron chi connectivity index (χ2n) is 2.24. The van der Waals surface area contributed by atoms with E-state index in [1.165, 1.54) is 0 Å². The first kappa shape index (κ1) is 9.41. The molecule has 0 saturated heterocycles. The smallest absolute Gasteiger partial charge is 0.411 e. The molecule has 0 radical (unpaired) electrons. The molecule has 1 amide bonds. The molecule has 2 N–H and O–H groups in total. The molecular weight excluding hydrogens is 192 g/mol. The topological polar surface area (TPSA) is 98.9 Å². The number of carboxylic acid groups (broad SMARTS) is 1. The third kappa shape index (κ3) is 2.38. The van der Waals surface area contributed by atoms with E-state index in [1.807, 2.05) is 6.07 Å². The van der Waals surface area contributed by atoms with Crippen molar-refractivity contribution in [2.24, 2.45) is 0 Å². The van der Waals surface area contributed by atoms with Crippen molar-refractivity contribution in [3.63, 3.8) is 0 Å². The zero-order chi connectivity index (χ0) is 9.84. The Morgan fingerprint density at radius 3 is 3.08 bits per heavy atom. The van der Waals surface area contributed by atoms with Crippen molar-refractivity contribution in [3.05, 3.63) is 5.82 Å². The van der Waals surface area contributed by atoms with Gasteiger partial charge in [0.05, 0.1) is 6.07 Å². The zero-order valence-corrected chi connectivity index (χ0v) is 7.50. The van der Waals surface area contributed by atoms with Crippen LogP contribution >= 0.6 is 11.5 Å². The summed E-state index contributed by atoms with van der Waals surface area (Å²) >= 11 is 0.917. The van der Waals surface area contributed by atoms with Crippen LogP contribution in [0.5, 0.6) is 0 Å². The van der Waals surface area contributed by atoms with Gasteiger partial charge in [-0.2, -0.15) is 9.64 Å². The molecule has 0 bridgehead atoms. The van der Waals surface area contributed by atoms with Crippen LogP contribution in [0.2, 0.25) is 0 Å². The Balaban J connectivity index is 2.76. The van der Waals surface area contributed by atoms with Gasteiger partial charge >= 0.3 is 6.09 Å². The summed E-state index contributed by atoms with van der Waals surface area (Å²) in [5.74, 6) is -0.0724. The number of hydrogen-bond acceptors (Lipinski definition) is 5. The molecular formula is C6H6N4O2S. The summed E-state index contributed by atoms with van der Waals surface area (Å²) in [6, 6.07) is 1.95. The maximum Gasteiger partial charge on any atom is 0.411 e. The van der Waals surface area contributed by atoms with Crippen LogP contribution in [0.3, 0.4) is 0 Å². The molecule has 0 aliphatic carbocycles. The molecule has 0 spiro atoms. The average Bonchev–Trinajstić information content (AvgIpc) is 2.50. The van der Waals surface area contributed by atoms with Gasteiger partial charge in [-0.25, -0.2) is 9.78 Å². The second-order valence-corrected chi connectivity index (χ2v) is 2.99. The van der Waals surface area contributed by atoms with E-state index < -0.39 is 12.0 Å². The number of hydrogen-bond donors (Lipinski definition) is 2. The maximum atomic E-state index is 10.2. The minimum absolute atomic E-state index is 0.185. The van der Waals surface area contributed by atoms with Gasteiger partial charge in [-0.15, -0.1) is 0 Å². The third-order valence-electron chi connectivity index (χ3n) is 1.24. The lowest BCUT2D eigenvalue weighted by atomic mass is 10.2. The minimum atomic E-state index is -1.19. The van der Waals surface area contributed by atoms with Crippen LogP contribution in [0.15, 0.2) is 0 Å². The second kappa shape index (κ2) is 3.82. The molecule has 1 heterocycles. The van der Waals surface area contributed by atoms with Crippen molar-refractivity contribution < 1.29 is 9.90 Å². The van der Waals surface area contributed by atoms with Crippen molar-refractivity contribution in [2.75, 3.05) is 5.32 Å². The summed E-state index contributed by atoms with van der Waals surface area (Å²) in [5, 5.41) is 19.1. The van der Waals surface area contributed by atoms with Gasteiger partial charge < -0.3 is 5.11 Å². The molecule has 0 aromatic carbocycles. The van der Waals surface area contributed by atoms with Gasteiger partial charge in [0.2, 0.25) is 5.13 Å². The highest BCUT2D eigenvalue weighted by molar-refractivity contribution is 7.09. The Labute approximate surface area is 78.0 Å². The van der Waals surface area contributed by atoms with Gasteiger partial charge in [0, 0.05) is 11.5 Å². The predicted octanol–water partition coefficient (Wildman–Crippen LogP) is 1.26. The van der Waals surface area contributed by atoms with Crippen LogP contribution in [-0.2, 0) is 0 Å². The first-order valence-corrected chi connectivity index (χ1v) is 4.14. The number of nitrogens with zero attached hydrogens (tertiary/aromatic N) is 3. The van der Waals surface area contributed by atoms with Gasteiger partial charge in [0.1, 0.15) is 5.92 Å². The molecule has 0 aliphatic rings. The van der Waals surface area contributed by atoms with Crippen LogP contribution in [0, 0.1) is 11.3 Å². The average molecular weight is 198 g/mol. The Morgan fingerprint density at radius 1 is 1.85 bits per heavy atom. The third-order valence-corrected chi connectivity index (χ3v) is 1.88. The normalized spacial score (nSPS) is 11.7. The van der Waals surface area contributed by atoms with E-state index >= 15 is 0 Å². The summed E-state index contributed by atoms with van der Waals surface area (Å²) in [6.07, 6.45) is -1.19. The molecule has 7 heteroatoms. The number of anilines is 1. The highest BCUT2D eigenvalue weighted by atomic mass is 32.1. The molecule has 1 atom stereocenters. The summed E-state index contributed by atoms with van der Waals surface area (Å²) in [6.45, 7) is 1.65. The van der Waals surface area contributed by atoms with Crippen LogP contribution in [0.4, 0.5) is 9.93 Å². The van der Waals surface area contributed by atoms with E-state index in [1.54, 1.807) is 6.92 Å². The van der Waals surface area contributed by atoms with Gasteiger partial charge in [-0.1, -0.05) is 0 Å². The number of nitriles is 1. The fourth-order valence-corrected chi connectivity index (χ4v) is 1.26. The SMILES string of the molecule is CC(C#N)c1nsc(NC(=O)O)n1. The zero-order valence-electron chi connectivity index (χ0n) is 6.68. The number of carbonyl (C=O) groups is 1. The summed E-state index contributed by atoms with van der Waals surface area (Å²) < 4.78 is 3.82. The van der Waals surface area contributed by atoms with Crippen molar-refractivity contribution >= 4 is 22.8 Å². The molecule has 0 saturated carbocycles. The molecule has 13 heavy (non-hydrogen) atoms. The van der Waals surface area contributed by atoms with Crippen molar-refractivity contribution in [3.8, 4) is 6.07 Å². The van der Waals surface area contributed by atoms with Crippen LogP contribution in [0.1, 0.15) is 18.7 Å². The number of rotatable bonds is 2. The monoisotopic (exact) mass is 198 g/mol. The molecule has 1 rings (SSSR count). The van der Waals surface area contributed by atoms with Gasteiger partial charge in [0.15, 0.2) is 5.82 Å². The lowest BCUT2D eigenvalue weighted by molar-refractivity contribution is 0.209. The molecule has 6 nitrogen and oxygen atoms in total. The first-order chi connectivity index (χ1) is 6.13. The Bertz CT molecular complexity index is 356. The van der Waals surface area contributed by atoms with Crippen LogP contribution in [0.25, 0.3) is 0 Å². The Kier molecular flexibility index (Phi) is 2.76. The van der Waals surface area contributed by atoms with Gasteiger partial charge in [-0.05, 0) is 6.92 Å². The highest BCUT2D eigenvalue weighted by Gasteiger charge is 2.11. The molecule has 68 valence electrons. The van der Waals surface area contributed by atoms with Gasteiger partial charge in [-0.3, -0.25) is 5.32 Å². The fraction of sp³-hybridized carbons (Fsp3) is 0.333. The molecule has 0 aliphatic heterocycles. The standard InChI is InChI=1S/C6H6N4O2S/c1-3(2-7)4-8-5(13-10-4)9-6(11)12/h3H,1H3,(H,11,12)(H,8,9,10). The summed E-state index contributed by atoms with van der Waals surface area (Å²) in [4.78, 5) is 14.0. The maximum absolute atomic E-state index is 10.2. The number of nitrogens with one attached hydrogen (secondary N) is 1. The highest BCUT2D eigenvalue weighted by Crippen LogP contribution is 2.16. The van der Waals surface area contributed by atoms with Crippen molar-refractivity contribution in [1.29, 1.82) is 5.26 Å². The minimum Gasteiger partial charge on any atom is -0.465 e. The molecule has 1 aromatic heterocycles. The quantitative estimate of drug-likeness (QED) is 0.745. The number of amides is 1. The van der Waals surface area contributed by atoms with E-state index in [9.17, 15) is 4.79 Å². The van der Waals surface area contributed by atoms with Crippen LogP contribution < -0.4 is 5.32 Å². The summed E-state index contributed by atoms with van der Waals surface area (Å²) in [7, 11) is 0. The van der Waals surface area contributed by atoms with Crippen LogP contribution in [-0.4, -0.2) is 20.6 Å². The molecule has 1 aromatic rings. The first-order valence-electron chi connectivity index (χ1n) is 3.36. The van der Waals surface area contributed by atoms with Crippen molar-refractivity contribution in [1.82, 2.24) is 9.36 Å². The van der Waals surface area contributed by atoms with Crippen molar-refractivity contribution in [2.45, 2.75) is 12.8 Å². The van der Waals surface area contributed by atoms with E-state index in [2.05, 4.69) is 14.7 Å². The Morgan fingerprint density at radius 2 is 2.54 bits per heavy atom. The Hall–Kier alpha value is -1.68.